The van der Waals surface area contributed by atoms with Gasteiger partial charge in [0.25, 0.3) is 5.91 Å². The number of nitrogens with zero attached hydrogens (tertiary/aromatic N) is 2. The van der Waals surface area contributed by atoms with Crippen LogP contribution in [0.1, 0.15) is 36.3 Å². The molecule has 128 valence electrons. The number of benzene rings is 1. The maximum absolute atomic E-state index is 12.3. The highest BCUT2D eigenvalue weighted by atomic mass is 35.5. The van der Waals surface area contributed by atoms with Crippen LogP contribution in [0.5, 0.6) is 0 Å². The molecular weight excluding hydrogens is 330 g/mol. The lowest BCUT2D eigenvalue weighted by molar-refractivity contribution is -0.147. The minimum atomic E-state index is -0.886. The first-order valence-electron chi connectivity index (χ1n) is 7.54. The van der Waals surface area contributed by atoms with Gasteiger partial charge in [0.1, 0.15) is 0 Å². The Morgan fingerprint density at radius 2 is 1.92 bits per heavy atom. The Kier molecular flexibility index (Phi) is 5.29. The van der Waals surface area contributed by atoms with Crippen LogP contribution >= 0.6 is 11.6 Å². The van der Waals surface area contributed by atoms with Gasteiger partial charge >= 0.3 is 5.97 Å². The fourth-order valence-electron chi connectivity index (χ4n) is 2.17. The molecule has 0 radical (unpaired) electrons. The summed E-state index contributed by atoms with van der Waals surface area (Å²) >= 11 is 5.88. The highest BCUT2D eigenvalue weighted by Gasteiger charge is 2.26. The Bertz CT molecular complexity index is 751. The Morgan fingerprint density at radius 1 is 1.29 bits per heavy atom. The number of aromatic nitrogens is 2. The minimum Gasteiger partial charge on any atom is -0.481 e. The number of carboxylic acids is 1. The highest BCUT2D eigenvalue weighted by molar-refractivity contribution is 6.30. The molecule has 24 heavy (non-hydrogen) atoms. The molecule has 1 heterocycles. The summed E-state index contributed by atoms with van der Waals surface area (Å²) in [5.74, 6) is -1.16. The van der Waals surface area contributed by atoms with E-state index in [1.807, 2.05) is 12.1 Å². The van der Waals surface area contributed by atoms with E-state index in [-0.39, 0.29) is 12.5 Å². The molecule has 6 nitrogen and oxygen atoms in total. The average Bonchev–Trinajstić information content (AvgIpc) is 2.89. The maximum atomic E-state index is 12.3. The van der Waals surface area contributed by atoms with Crippen LogP contribution in [0.2, 0.25) is 5.02 Å². The molecule has 2 rings (SSSR count). The maximum Gasteiger partial charge on any atom is 0.309 e. The summed E-state index contributed by atoms with van der Waals surface area (Å²) in [6.07, 6.45) is 1.85. The number of carbonyl (C=O) groups excluding carboxylic acids is 1. The van der Waals surface area contributed by atoms with Crippen molar-refractivity contribution in [2.75, 3.05) is 6.54 Å². The fraction of sp³-hybridized carbons (Fsp3) is 0.353. The van der Waals surface area contributed by atoms with Gasteiger partial charge in [0.15, 0.2) is 0 Å². The topological polar surface area (TPSA) is 84.2 Å². The van der Waals surface area contributed by atoms with Crippen LogP contribution < -0.4 is 5.32 Å². The van der Waals surface area contributed by atoms with Crippen molar-refractivity contribution in [2.24, 2.45) is 5.41 Å². The van der Waals surface area contributed by atoms with E-state index in [9.17, 15) is 9.59 Å². The second kappa shape index (κ2) is 7.05. The molecule has 0 bridgehead atoms. The Balaban J connectivity index is 2.06. The lowest BCUT2D eigenvalue weighted by atomic mass is 9.90. The van der Waals surface area contributed by atoms with Gasteiger partial charge in [0.2, 0.25) is 0 Å². The molecule has 7 heteroatoms. The number of carboxylic acid groups (broad SMARTS) is 1. The number of rotatable bonds is 6. The molecule has 0 aliphatic heterocycles. The quantitative estimate of drug-likeness (QED) is 0.839. The molecular formula is C17H20ClN3O3. The van der Waals surface area contributed by atoms with E-state index in [4.69, 9.17) is 16.7 Å². The Morgan fingerprint density at radius 3 is 2.50 bits per heavy atom. The van der Waals surface area contributed by atoms with E-state index in [0.717, 1.165) is 5.69 Å². The van der Waals surface area contributed by atoms with Crippen LogP contribution in [0.3, 0.4) is 0 Å². The normalized spacial score (nSPS) is 11.3. The zero-order valence-electron chi connectivity index (χ0n) is 13.8. The van der Waals surface area contributed by atoms with Crippen LogP contribution in [-0.2, 0) is 4.79 Å². The van der Waals surface area contributed by atoms with Crippen molar-refractivity contribution in [1.29, 1.82) is 0 Å². The molecule has 1 aromatic carbocycles. The standard InChI is InChI=1S/C17H20ClN3O3/c1-11-14(15(22)19-9-8-17(2,3)16(23)24)10-20-21(11)13-6-4-12(18)5-7-13/h4-7,10H,8-9H2,1-3H3,(H,19,22)(H,23,24). The van der Waals surface area contributed by atoms with E-state index < -0.39 is 11.4 Å². The number of hydrogen-bond acceptors (Lipinski definition) is 3. The zero-order valence-corrected chi connectivity index (χ0v) is 14.6. The monoisotopic (exact) mass is 349 g/mol. The number of aliphatic carboxylic acids is 1. The molecule has 0 aliphatic rings. The molecule has 0 fully saturated rings. The van der Waals surface area contributed by atoms with Crippen LogP contribution in [0.25, 0.3) is 5.69 Å². The van der Waals surface area contributed by atoms with E-state index in [1.54, 1.807) is 37.6 Å². The predicted octanol–water partition coefficient (Wildman–Crippen LogP) is 3.06. The third kappa shape index (κ3) is 3.94. The predicted molar refractivity (Wildman–Crippen MR) is 91.7 cm³/mol. The van der Waals surface area contributed by atoms with Gasteiger partial charge in [-0.3, -0.25) is 9.59 Å². The third-order valence-electron chi connectivity index (χ3n) is 3.94. The zero-order chi connectivity index (χ0) is 17.9. The lowest BCUT2D eigenvalue weighted by Crippen LogP contribution is -2.32. The summed E-state index contributed by atoms with van der Waals surface area (Å²) in [6, 6.07) is 7.15. The number of halogens is 1. The van der Waals surface area contributed by atoms with Gasteiger partial charge < -0.3 is 10.4 Å². The molecule has 0 aliphatic carbocycles. The molecule has 0 saturated carbocycles. The van der Waals surface area contributed by atoms with Gasteiger partial charge in [0, 0.05) is 11.6 Å². The summed E-state index contributed by atoms with van der Waals surface area (Å²) in [4.78, 5) is 23.4. The smallest absolute Gasteiger partial charge is 0.309 e. The van der Waals surface area contributed by atoms with Crippen molar-refractivity contribution < 1.29 is 14.7 Å². The fourth-order valence-corrected chi connectivity index (χ4v) is 2.29. The molecule has 1 amide bonds. The largest absolute Gasteiger partial charge is 0.481 e. The average molecular weight is 350 g/mol. The number of amides is 1. The van der Waals surface area contributed by atoms with Crippen molar-refractivity contribution in [3.8, 4) is 5.69 Å². The van der Waals surface area contributed by atoms with Crippen LogP contribution in [0.15, 0.2) is 30.5 Å². The summed E-state index contributed by atoms with van der Waals surface area (Å²) < 4.78 is 1.66. The van der Waals surface area contributed by atoms with Gasteiger partial charge in [-0.05, 0) is 51.5 Å². The summed E-state index contributed by atoms with van der Waals surface area (Å²) in [7, 11) is 0. The van der Waals surface area contributed by atoms with Crippen molar-refractivity contribution in [3.63, 3.8) is 0 Å². The molecule has 0 saturated heterocycles. The minimum absolute atomic E-state index is 0.270. The molecule has 0 spiro atoms. The first kappa shape index (κ1) is 18.0. The SMILES string of the molecule is Cc1c(C(=O)NCCC(C)(C)C(=O)O)cnn1-c1ccc(Cl)cc1. The van der Waals surface area contributed by atoms with Crippen LogP contribution in [0.4, 0.5) is 0 Å². The van der Waals surface area contributed by atoms with Crippen LogP contribution in [-0.4, -0.2) is 33.3 Å². The Labute approximate surface area is 145 Å². The highest BCUT2D eigenvalue weighted by Crippen LogP contribution is 2.20. The van der Waals surface area contributed by atoms with Crippen LogP contribution in [0, 0.1) is 12.3 Å². The molecule has 2 N–H and O–H groups in total. The number of carbonyl (C=O) groups is 2. The van der Waals surface area contributed by atoms with E-state index in [1.165, 1.54) is 6.20 Å². The molecule has 0 atom stereocenters. The first-order chi connectivity index (χ1) is 11.2. The van der Waals surface area contributed by atoms with Gasteiger partial charge in [-0.15, -0.1) is 0 Å². The van der Waals surface area contributed by atoms with Crippen molar-refractivity contribution in [1.82, 2.24) is 15.1 Å². The number of hydrogen-bond donors (Lipinski definition) is 2. The Hall–Kier alpha value is -2.34. The summed E-state index contributed by atoms with van der Waals surface area (Å²) in [5, 5.41) is 16.7. The van der Waals surface area contributed by atoms with Crippen molar-refractivity contribution >= 4 is 23.5 Å². The van der Waals surface area contributed by atoms with Crippen molar-refractivity contribution in [3.05, 3.63) is 46.7 Å². The number of nitrogens with one attached hydrogen (secondary N) is 1. The summed E-state index contributed by atoms with van der Waals surface area (Å²) in [6.45, 7) is 5.35. The molecule has 0 unspecified atom stereocenters. The van der Waals surface area contributed by atoms with Gasteiger partial charge in [0.05, 0.1) is 28.6 Å². The second-order valence-corrected chi connectivity index (χ2v) is 6.66. The first-order valence-corrected chi connectivity index (χ1v) is 7.92. The van der Waals surface area contributed by atoms with Gasteiger partial charge in [-0.2, -0.15) is 5.10 Å². The third-order valence-corrected chi connectivity index (χ3v) is 4.19. The summed E-state index contributed by atoms with van der Waals surface area (Å²) in [5.41, 5.74) is 1.09. The van der Waals surface area contributed by atoms with Crippen molar-refractivity contribution in [2.45, 2.75) is 27.2 Å². The molecule has 2 aromatic rings. The second-order valence-electron chi connectivity index (χ2n) is 6.23. The van der Waals surface area contributed by atoms with Gasteiger partial charge in [-0.25, -0.2) is 4.68 Å². The van der Waals surface area contributed by atoms with E-state index >= 15 is 0 Å². The molecule has 1 aromatic heterocycles. The lowest BCUT2D eigenvalue weighted by Gasteiger charge is -2.18. The van der Waals surface area contributed by atoms with Gasteiger partial charge in [-0.1, -0.05) is 11.6 Å². The van der Waals surface area contributed by atoms with E-state index in [0.29, 0.717) is 22.7 Å². The van der Waals surface area contributed by atoms with E-state index in [2.05, 4.69) is 10.4 Å².